The van der Waals surface area contributed by atoms with E-state index < -0.39 is 21.5 Å². The number of benzene rings is 2. The van der Waals surface area contributed by atoms with Crippen LogP contribution in [-0.2, 0) is 14.6 Å². The van der Waals surface area contributed by atoms with Crippen molar-refractivity contribution < 1.29 is 13.2 Å². The van der Waals surface area contributed by atoms with E-state index in [1.54, 1.807) is 41.5 Å². The lowest BCUT2D eigenvalue weighted by Crippen LogP contribution is -2.54. The van der Waals surface area contributed by atoms with Crippen molar-refractivity contribution in [1.82, 2.24) is 15.4 Å². The van der Waals surface area contributed by atoms with Gasteiger partial charge in [-0.1, -0.05) is 29.8 Å². The summed E-state index contributed by atoms with van der Waals surface area (Å²) in [7, 11) is -3.81. The Bertz CT molecular complexity index is 1220. The number of fused-ring (bicyclic) bond motifs is 1. The Labute approximate surface area is 186 Å². The average molecular weight is 459 g/mol. The quantitative estimate of drug-likeness (QED) is 0.633. The van der Waals surface area contributed by atoms with E-state index in [0.717, 1.165) is 29.9 Å². The zero-order chi connectivity index (χ0) is 22.0. The molecule has 2 aromatic carbocycles. The number of nitrogens with one attached hydrogen (secondary N) is 1. The summed E-state index contributed by atoms with van der Waals surface area (Å²) in [4.78, 5) is 19.1. The summed E-state index contributed by atoms with van der Waals surface area (Å²) in [6.45, 7) is 4.59. The third kappa shape index (κ3) is 4.98. The molecule has 1 fully saturated rings. The van der Waals surface area contributed by atoms with Crippen molar-refractivity contribution in [1.29, 1.82) is 0 Å². The van der Waals surface area contributed by atoms with Gasteiger partial charge in [0.2, 0.25) is 5.91 Å². The molecule has 1 aliphatic heterocycles. The van der Waals surface area contributed by atoms with Crippen molar-refractivity contribution >= 4 is 43.8 Å². The summed E-state index contributed by atoms with van der Waals surface area (Å²) in [5, 5.41) is 3.57. The summed E-state index contributed by atoms with van der Waals surface area (Å²) in [5.74, 6) is -1.16. The fraction of sp³-hybridized carbons (Fsp3) is 0.273. The van der Waals surface area contributed by atoms with Crippen molar-refractivity contribution in [2.45, 2.75) is 11.8 Å². The Morgan fingerprint density at radius 2 is 1.87 bits per heavy atom. The monoisotopic (exact) mass is 458 g/mol. The van der Waals surface area contributed by atoms with Crippen LogP contribution in [0.4, 0.5) is 5.69 Å². The fourth-order valence-corrected chi connectivity index (χ4v) is 5.31. The van der Waals surface area contributed by atoms with Crippen molar-refractivity contribution in [3.63, 3.8) is 0 Å². The predicted octanol–water partition coefficient (Wildman–Crippen LogP) is 2.82. The second kappa shape index (κ2) is 8.82. The van der Waals surface area contributed by atoms with Gasteiger partial charge in [-0.25, -0.2) is 13.4 Å². The highest BCUT2D eigenvalue weighted by Crippen LogP contribution is 2.26. The van der Waals surface area contributed by atoms with Gasteiger partial charge in [0.1, 0.15) is 5.75 Å². The molecule has 0 atom stereocenters. The average Bonchev–Trinajstić information content (AvgIpc) is 2.73. The number of anilines is 1. The molecule has 7 nitrogen and oxygen atoms in total. The standard InChI is InChI=1S/C22H23ClN4O3S/c1-16-13-19(7-8-24-16)26-9-11-27(12-10-26)25-22(28)15-31(29,30)21-4-2-3-17-14-18(23)5-6-20(17)21/h2-8,13-14H,9-12,15H2,1H3,(H,25,28). The van der Waals surface area contributed by atoms with Crippen LogP contribution >= 0.6 is 11.6 Å². The zero-order valence-electron chi connectivity index (χ0n) is 17.1. The fourth-order valence-electron chi connectivity index (χ4n) is 3.76. The third-order valence-corrected chi connectivity index (χ3v) is 7.17. The number of sulfone groups is 1. The smallest absolute Gasteiger partial charge is 0.249 e. The van der Waals surface area contributed by atoms with E-state index in [2.05, 4.69) is 15.3 Å². The molecule has 0 saturated carbocycles. The molecule has 1 N–H and O–H groups in total. The van der Waals surface area contributed by atoms with Crippen molar-refractivity contribution in [3.05, 3.63) is 65.4 Å². The van der Waals surface area contributed by atoms with Gasteiger partial charge in [-0.3, -0.25) is 15.2 Å². The van der Waals surface area contributed by atoms with Gasteiger partial charge in [-0.15, -0.1) is 0 Å². The summed E-state index contributed by atoms with van der Waals surface area (Å²) in [5.41, 5.74) is 4.79. The van der Waals surface area contributed by atoms with Gasteiger partial charge in [-0.2, -0.15) is 0 Å². The van der Waals surface area contributed by atoms with Crippen molar-refractivity contribution in [2.75, 3.05) is 36.8 Å². The van der Waals surface area contributed by atoms with Crippen LogP contribution in [0.15, 0.2) is 59.6 Å². The molecule has 0 radical (unpaired) electrons. The zero-order valence-corrected chi connectivity index (χ0v) is 18.7. The Balaban J connectivity index is 1.39. The number of hydrogen-bond donors (Lipinski definition) is 1. The van der Waals surface area contributed by atoms with Crippen LogP contribution in [0.1, 0.15) is 5.69 Å². The summed E-state index contributed by atoms with van der Waals surface area (Å²) in [6.07, 6.45) is 1.78. The lowest BCUT2D eigenvalue weighted by molar-refractivity contribution is -0.123. The lowest BCUT2D eigenvalue weighted by Gasteiger charge is -2.36. The van der Waals surface area contributed by atoms with Crippen LogP contribution in [0, 0.1) is 6.92 Å². The minimum absolute atomic E-state index is 0.134. The molecule has 0 unspecified atom stereocenters. The van der Waals surface area contributed by atoms with E-state index in [1.165, 1.54) is 6.07 Å². The molecule has 1 aliphatic rings. The number of nitrogens with zero attached hydrogens (tertiary/aromatic N) is 3. The molecule has 0 spiro atoms. The third-order valence-electron chi connectivity index (χ3n) is 5.27. The molecule has 4 rings (SSSR count). The SMILES string of the molecule is Cc1cc(N2CCN(NC(=O)CS(=O)(=O)c3cccc4cc(Cl)ccc34)CC2)ccn1. The van der Waals surface area contributed by atoms with Crippen LogP contribution in [0.5, 0.6) is 0 Å². The van der Waals surface area contributed by atoms with E-state index in [9.17, 15) is 13.2 Å². The molecule has 2 heterocycles. The van der Waals surface area contributed by atoms with E-state index in [-0.39, 0.29) is 4.90 Å². The molecule has 31 heavy (non-hydrogen) atoms. The molecule has 9 heteroatoms. The van der Waals surface area contributed by atoms with Crippen LogP contribution < -0.4 is 10.3 Å². The number of rotatable bonds is 5. The number of aryl methyl sites for hydroxylation is 1. The van der Waals surface area contributed by atoms with Gasteiger partial charge >= 0.3 is 0 Å². The predicted molar refractivity (Wildman–Crippen MR) is 122 cm³/mol. The highest BCUT2D eigenvalue weighted by molar-refractivity contribution is 7.92. The highest BCUT2D eigenvalue weighted by Gasteiger charge is 2.24. The van der Waals surface area contributed by atoms with Gasteiger partial charge in [-0.05, 0) is 42.6 Å². The first kappa shape index (κ1) is 21.5. The number of piperazine rings is 1. The van der Waals surface area contributed by atoms with Gasteiger partial charge in [0.05, 0.1) is 4.90 Å². The van der Waals surface area contributed by atoms with Crippen LogP contribution in [0.2, 0.25) is 5.02 Å². The number of aromatic nitrogens is 1. The molecular weight excluding hydrogens is 436 g/mol. The van der Waals surface area contributed by atoms with Crippen molar-refractivity contribution in [3.8, 4) is 0 Å². The van der Waals surface area contributed by atoms with E-state index in [1.807, 2.05) is 19.1 Å². The molecular formula is C22H23ClN4O3S. The molecule has 3 aromatic rings. The van der Waals surface area contributed by atoms with Gasteiger partial charge in [0.25, 0.3) is 0 Å². The summed E-state index contributed by atoms with van der Waals surface area (Å²) in [6, 6.07) is 14.0. The largest absolute Gasteiger partial charge is 0.369 e. The van der Waals surface area contributed by atoms with E-state index in [4.69, 9.17) is 11.6 Å². The number of amides is 1. The van der Waals surface area contributed by atoms with Gasteiger partial charge in [0, 0.05) is 54.2 Å². The lowest BCUT2D eigenvalue weighted by atomic mass is 10.1. The van der Waals surface area contributed by atoms with Crippen molar-refractivity contribution in [2.24, 2.45) is 0 Å². The van der Waals surface area contributed by atoms with Crippen LogP contribution in [-0.4, -0.2) is 56.2 Å². The van der Waals surface area contributed by atoms with E-state index in [0.29, 0.717) is 23.5 Å². The maximum absolute atomic E-state index is 12.9. The highest BCUT2D eigenvalue weighted by atomic mass is 35.5. The Morgan fingerprint density at radius 3 is 2.61 bits per heavy atom. The van der Waals surface area contributed by atoms with Gasteiger partial charge < -0.3 is 4.90 Å². The first-order chi connectivity index (χ1) is 14.8. The number of halogens is 1. The minimum Gasteiger partial charge on any atom is -0.369 e. The molecule has 1 saturated heterocycles. The second-order valence-corrected chi connectivity index (χ2v) is 9.94. The summed E-state index contributed by atoms with van der Waals surface area (Å²) >= 11 is 6.01. The number of carbonyl (C=O) groups is 1. The Morgan fingerprint density at radius 1 is 1.10 bits per heavy atom. The topological polar surface area (TPSA) is 82.6 Å². The first-order valence-electron chi connectivity index (χ1n) is 9.95. The number of hydrogen-bond acceptors (Lipinski definition) is 6. The van der Waals surface area contributed by atoms with Crippen LogP contribution in [0.3, 0.4) is 0 Å². The minimum atomic E-state index is -3.81. The normalized spacial score (nSPS) is 15.2. The Kier molecular flexibility index (Phi) is 6.13. The maximum Gasteiger partial charge on any atom is 0.249 e. The van der Waals surface area contributed by atoms with Crippen LogP contribution in [0.25, 0.3) is 10.8 Å². The molecule has 1 aromatic heterocycles. The maximum atomic E-state index is 12.9. The molecule has 0 bridgehead atoms. The molecule has 1 amide bonds. The summed E-state index contributed by atoms with van der Waals surface area (Å²) < 4.78 is 25.9. The molecule has 162 valence electrons. The van der Waals surface area contributed by atoms with Gasteiger partial charge in [0.15, 0.2) is 9.84 Å². The number of hydrazine groups is 1. The number of carbonyl (C=O) groups excluding carboxylic acids is 1. The first-order valence-corrected chi connectivity index (χ1v) is 12.0. The Hall–Kier alpha value is -2.68. The number of pyridine rings is 1. The molecule has 0 aliphatic carbocycles. The second-order valence-electron chi connectivity index (χ2n) is 7.55. The van der Waals surface area contributed by atoms with E-state index >= 15 is 0 Å².